The second-order valence-corrected chi connectivity index (χ2v) is 5.94. The average molecular weight is 334 g/mol. The van der Waals surface area contributed by atoms with Crippen LogP contribution in [0.5, 0.6) is 0 Å². The Morgan fingerprint density at radius 3 is 2.60 bits per heavy atom. The van der Waals surface area contributed by atoms with Crippen LogP contribution in [0.1, 0.15) is 24.1 Å². The first-order valence-electron chi connectivity index (χ1n) is 8.33. The van der Waals surface area contributed by atoms with Crippen LogP contribution in [-0.4, -0.2) is 33.8 Å². The fraction of sp³-hybridized carbons (Fsp3) is 0.263. The van der Waals surface area contributed by atoms with Gasteiger partial charge in [-0.3, -0.25) is 4.98 Å². The van der Waals surface area contributed by atoms with Crippen molar-refractivity contribution in [2.24, 2.45) is 0 Å². The zero-order valence-electron chi connectivity index (χ0n) is 14.5. The van der Waals surface area contributed by atoms with E-state index in [0.717, 1.165) is 18.8 Å². The van der Waals surface area contributed by atoms with Gasteiger partial charge in [-0.2, -0.15) is 10.1 Å². The maximum Gasteiger partial charge on any atom is 0.245 e. The minimum Gasteiger partial charge on any atom is -0.358 e. The SMILES string of the molecule is CC(Nc1nncc(N(C)CCc2ccncc2)n1)c1ccccc1. The number of nitrogens with one attached hydrogen (secondary N) is 1. The Balaban J connectivity index is 1.62. The number of anilines is 2. The van der Waals surface area contributed by atoms with Crippen LogP contribution in [0.25, 0.3) is 0 Å². The number of aromatic nitrogens is 4. The molecule has 1 aromatic carbocycles. The Labute approximate surface area is 148 Å². The quantitative estimate of drug-likeness (QED) is 0.716. The fourth-order valence-electron chi connectivity index (χ4n) is 2.52. The molecule has 1 N–H and O–H groups in total. The van der Waals surface area contributed by atoms with Crippen molar-refractivity contribution in [3.63, 3.8) is 0 Å². The normalized spacial score (nSPS) is 11.8. The first kappa shape index (κ1) is 16.8. The minimum absolute atomic E-state index is 0.111. The summed E-state index contributed by atoms with van der Waals surface area (Å²) in [6.07, 6.45) is 6.24. The molecule has 0 bridgehead atoms. The zero-order chi connectivity index (χ0) is 17.5. The topological polar surface area (TPSA) is 66.8 Å². The molecule has 0 aliphatic rings. The van der Waals surface area contributed by atoms with Crippen LogP contribution in [0.3, 0.4) is 0 Å². The molecule has 25 heavy (non-hydrogen) atoms. The molecule has 6 heteroatoms. The summed E-state index contributed by atoms with van der Waals surface area (Å²) in [5.74, 6) is 1.33. The molecule has 128 valence electrons. The van der Waals surface area contributed by atoms with Gasteiger partial charge in [0.05, 0.1) is 12.2 Å². The molecular formula is C19H22N6. The fourth-order valence-corrected chi connectivity index (χ4v) is 2.52. The average Bonchev–Trinajstić information content (AvgIpc) is 2.68. The van der Waals surface area contributed by atoms with Crippen molar-refractivity contribution in [1.82, 2.24) is 20.2 Å². The number of rotatable bonds is 7. The smallest absolute Gasteiger partial charge is 0.245 e. The van der Waals surface area contributed by atoms with Crippen LogP contribution in [0, 0.1) is 0 Å². The van der Waals surface area contributed by atoms with Gasteiger partial charge in [0, 0.05) is 26.0 Å². The van der Waals surface area contributed by atoms with Gasteiger partial charge in [-0.1, -0.05) is 30.3 Å². The minimum atomic E-state index is 0.111. The molecule has 0 saturated carbocycles. The van der Waals surface area contributed by atoms with E-state index < -0.39 is 0 Å². The molecule has 3 aromatic rings. The van der Waals surface area contributed by atoms with E-state index >= 15 is 0 Å². The van der Waals surface area contributed by atoms with Crippen LogP contribution in [-0.2, 0) is 6.42 Å². The lowest BCUT2D eigenvalue weighted by Crippen LogP contribution is -2.22. The highest BCUT2D eigenvalue weighted by atomic mass is 15.3. The largest absolute Gasteiger partial charge is 0.358 e. The van der Waals surface area contributed by atoms with Crippen molar-refractivity contribution in [3.8, 4) is 0 Å². The summed E-state index contributed by atoms with van der Waals surface area (Å²) >= 11 is 0. The van der Waals surface area contributed by atoms with Crippen molar-refractivity contribution in [3.05, 3.63) is 72.2 Å². The molecular weight excluding hydrogens is 312 g/mol. The summed E-state index contributed by atoms with van der Waals surface area (Å²) in [6.45, 7) is 2.93. The van der Waals surface area contributed by atoms with Gasteiger partial charge in [-0.25, -0.2) is 0 Å². The van der Waals surface area contributed by atoms with Gasteiger partial charge < -0.3 is 10.2 Å². The molecule has 0 fully saturated rings. The molecule has 1 atom stereocenters. The van der Waals surface area contributed by atoms with E-state index in [9.17, 15) is 0 Å². The lowest BCUT2D eigenvalue weighted by molar-refractivity contribution is 0.812. The Hall–Kier alpha value is -3.02. The van der Waals surface area contributed by atoms with Crippen molar-refractivity contribution < 1.29 is 0 Å². The molecule has 1 unspecified atom stereocenters. The third-order valence-electron chi connectivity index (χ3n) is 4.07. The highest BCUT2D eigenvalue weighted by molar-refractivity contribution is 5.41. The molecule has 2 heterocycles. The summed E-state index contributed by atoms with van der Waals surface area (Å²) in [5, 5.41) is 11.5. The molecule has 6 nitrogen and oxygen atoms in total. The summed E-state index contributed by atoms with van der Waals surface area (Å²) < 4.78 is 0. The predicted octanol–water partition coefficient (Wildman–Crippen LogP) is 3.12. The van der Waals surface area contributed by atoms with Crippen molar-refractivity contribution in [1.29, 1.82) is 0 Å². The highest BCUT2D eigenvalue weighted by Gasteiger charge is 2.09. The lowest BCUT2D eigenvalue weighted by atomic mass is 10.1. The van der Waals surface area contributed by atoms with Crippen LogP contribution in [0.4, 0.5) is 11.8 Å². The predicted molar refractivity (Wildman–Crippen MR) is 99.5 cm³/mol. The van der Waals surface area contributed by atoms with Crippen LogP contribution in [0.15, 0.2) is 61.1 Å². The Bertz CT molecular complexity index is 778. The summed E-state index contributed by atoms with van der Waals surface area (Å²) in [5.41, 5.74) is 2.43. The van der Waals surface area contributed by atoms with E-state index in [1.54, 1.807) is 6.20 Å². The third-order valence-corrected chi connectivity index (χ3v) is 4.07. The maximum atomic E-state index is 4.58. The van der Waals surface area contributed by atoms with Gasteiger partial charge in [0.1, 0.15) is 0 Å². The van der Waals surface area contributed by atoms with Crippen LogP contribution in [0.2, 0.25) is 0 Å². The van der Waals surface area contributed by atoms with Gasteiger partial charge in [0.15, 0.2) is 5.82 Å². The molecule has 0 aliphatic carbocycles. The van der Waals surface area contributed by atoms with E-state index in [-0.39, 0.29) is 6.04 Å². The second-order valence-electron chi connectivity index (χ2n) is 5.94. The number of benzene rings is 1. The van der Waals surface area contributed by atoms with Gasteiger partial charge in [0.2, 0.25) is 5.95 Å². The van der Waals surface area contributed by atoms with E-state index in [2.05, 4.69) is 49.4 Å². The Morgan fingerprint density at radius 1 is 1.08 bits per heavy atom. The van der Waals surface area contributed by atoms with Crippen LogP contribution < -0.4 is 10.2 Å². The van der Waals surface area contributed by atoms with Crippen molar-refractivity contribution in [2.75, 3.05) is 23.8 Å². The monoisotopic (exact) mass is 334 g/mol. The van der Waals surface area contributed by atoms with Gasteiger partial charge in [-0.15, -0.1) is 5.10 Å². The van der Waals surface area contributed by atoms with Crippen molar-refractivity contribution >= 4 is 11.8 Å². The molecule has 0 spiro atoms. The number of pyridine rings is 1. The lowest BCUT2D eigenvalue weighted by Gasteiger charge is -2.19. The number of nitrogens with zero attached hydrogens (tertiary/aromatic N) is 5. The molecule has 3 rings (SSSR count). The summed E-state index contributed by atoms with van der Waals surface area (Å²) in [7, 11) is 2.01. The second kappa shape index (κ2) is 8.19. The molecule has 0 aliphatic heterocycles. The van der Waals surface area contributed by atoms with Crippen LogP contribution >= 0.6 is 0 Å². The summed E-state index contributed by atoms with van der Waals surface area (Å²) in [6, 6.07) is 14.4. The van der Waals surface area contributed by atoms with Gasteiger partial charge in [0.25, 0.3) is 0 Å². The first-order chi connectivity index (χ1) is 12.2. The zero-order valence-corrected chi connectivity index (χ0v) is 14.5. The molecule has 0 saturated heterocycles. The van der Waals surface area contributed by atoms with E-state index in [0.29, 0.717) is 5.95 Å². The molecule has 0 amide bonds. The van der Waals surface area contributed by atoms with E-state index in [1.807, 2.05) is 49.8 Å². The first-order valence-corrected chi connectivity index (χ1v) is 8.33. The molecule has 0 radical (unpaired) electrons. The number of likely N-dealkylation sites (N-methyl/N-ethyl adjacent to an activating group) is 1. The van der Waals surface area contributed by atoms with E-state index in [1.165, 1.54) is 11.1 Å². The summed E-state index contributed by atoms with van der Waals surface area (Å²) in [4.78, 5) is 10.7. The van der Waals surface area contributed by atoms with E-state index in [4.69, 9.17) is 0 Å². The maximum absolute atomic E-state index is 4.58. The highest BCUT2D eigenvalue weighted by Crippen LogP contribution is 2.17. The molecule has 2 aromatic heterocycles. The number of hydrogen-bond acceptors (Lipinski definition) is 6. The van der Waals surface area contributed by atoms with Crippen molar-refractivity contribution in [2.45, 2.75) is 19.4 Å². The Morgan fingerprint density at radius 2 is 1.84 bits per heavy atom. The Kier molecular flexibility index (Phi) is 5.51. The third kappa shape index (κ3) is 4.73. The van der Waals surface area contributed by atoms with Gasteiger partial charge >= 0.3 is 0 Å². The van der Waals surface area contributed by atoms with Gasteiger partial charge in [-0.05, 0) is 36.6 Å². The number of hydrogen-bond donors (Lipinski definition) is 1. The standard InChI is InChI=1S/C19H22N6/c1-15(17-6-4-3-5-7-17)22-19-23-18(14-21-24-19)25(2)13-10-16-8-11-20-12-9-16/h3-9,11-12,14-15H,10,13H2,1-2H3,(H,22,23,24).